The van der Waals surface area contributed by atoms with Crippen LogP contribution in [-0.2, 0) is 4.74 Å². The minimum Gasteiger partial charge on any atom is -0.462 e. The maximum Gasteiger partial charge on any atom is 0.338 e. The zero-order valence-corrected chi connectivity index (χ0v) is 9.48. The fourth-order valence-electron chi connectivity index (χ4n) is 1.18. The molecule has 0 aliphatic carbocycles. The van der Waals surface area contributed by atoms with E-state index in [-0.39, 0.29) is 24.3 Å². The molecule has 7 heteroatoms. The normalized spacial score (nSPS) is 11.9. The van der Waals surface area contributed by atoms with E-state index in [1.54, 1.807) is 0 Å². The number of hydrogen-bond donors (Lipinski definition) is 2. The summed E-state index contributed by atoms with van der Waals surface area (Å²) in [6.07, 6.45) is -0.787. The second kappa shape index (κ2) is 6.67. The van der Waals surface area contributed by atoms with Crippen molar-refractivity contribution in [2.24, 2.45) is 0 Å². The molecule has 1 rings (SSSR count). The number of nitrogens with zero attached hydrogens (tertiary/aromatic N) is 1. The summed E-state index contributed by atoms with van der Waals surface area (Å²) in [5.41, 5.74) is 0.0846. The Morgan fingerprint density at radius 3 is 2.50 bits per heavy atom. The largest absolute Gasteiger partial charge is 0.462 e. The van der Waals surface area contributed by atoms with Crippen LogP contribution >= 0.6 is 0 Å². The quantitative estimate of drug-likeness (QED) is 0.435. The van der Waals surface area contributed by atoms with E-state index < -0.39 is 23.6 Å². The van der Waals surface area contributed by atoms with Crippen LogP contribution in [0, 0.1) is 10.1 Å². The second-order valence-electron chi connectivity index (χ2n) is 3.56. The van der Waals surface area contributed by atoms with E-state index in [9.17, 15) is 14.9 Å². The van der Waals surface area contributed by atoms with Gasteiger partial charge >= 0.3 is 5.97 Å². The number of nitro benzene ring substituents is 1. The SMILES string of the molecule is O=C(OCCC(O)CO)c1ccc([N+](=O)[O-])cc1. The predicted molar refractivity (Wildman–Crippen MR) is 61.1 cm³/mol. The Bertz CT molecular complexity index is 416. The van der Waals surface area contributed by atoms with Crippen molar-refractivity contribution in [2.45, 2.75) is 12.5 Å². The highest BCUT2D eigenvalue weighted by Gasteiger charge is 2.11. The summed E-state index contributed by atoms with van der Waals surface area (Å²) < 4.78 is 4.82. The highest BCUT2D eigenvalue weighted by molar-refractivity contribution is 5.89. The Morgan fingerprint density at radius 2 is 2.00 bits per heavy atom. The fraction of sp³-hybridized carbons (Fsp3) is 0.364. The number of carbonyl (C=O) groups excluding carboxylic acids is 1. The molecular formula is C11H13NO6. The third-order valence-corrected chi connectivity index (χ3v) is 2.21. The molecule has 2 N–H and O–H groups in total. The van der Waals surface area contributed by atoms with Crippen molar-refractivity contribution in [1.29, 1.82) is 0 Å². The lowest BCUT2D eigenvalue weighted by Crippen LogP contribution is -2.16. The van der Waals surface area contributed by atoms with Crippen molar-refractivity contribution in [2.75, 3.05) is 13.2 Å². The van der Waals surface area contributed by atoms with Crippen molar-refractivity contribution in [3.05, 3.63) is 39.9 Å². The Balaban J connectivity index is 2.49. The van der Waals surface area contributed by atoms with Gasteiger partial charge in [-0.25, -0.2) is 4.79 Å². The molecule has 1 atom stereocenters. The molecule has 0 amide bonds. The van der Waals surface area contributed by atoms with Crippen LogP contribution in [0.1, 0.15) is 16.8 Å². The van der Waals surface area contributed by atoms with Crippen molar-refractivity contribution in [3.8, 4) is 0 Å². The Labute approximate surface area is 103 Å². The number of nitro groups is 1. The molecular weight excluding hydrogens is 242 g/mol. The molecule has 0 bridgehead atoms. The number of hydrogen-bond acceptors (Lipinski definition) is 6. The van der Waals surface area contributed by atoms with E-state index in [2.05, 4.69) is 0 Å². The lowest BCUT2D eigenvalue weighted by molar-refractivity contribution is -0.384. The average Bonchev–Trinajstić information content (AvgIpc) is 2.38. The van der Waals surface area contributed by atoms with Gasteiger partial charge in [-0.15, -0.1) is 0 Å². The maximum absolute atomic E-state index is 11.5. The molecule has 0 saturated heterocycles. The lowest BCUT2D eigenvalue weighted by atomic mass is 10.2. The summed E-state index contributed by atoms with van der Waals surface area (Å²) in [5, 5.41) is 28.0. The van der Waals surface area contributed by atoms with Gasteiger partial charge in [0.15, 0.2) is 0 Å². The third kappa shape index (κ3) is 4.11. The number of rotatable bonds is 6. The van der Waals surface area contributed by atoms with Gasteiger partial charge in [-0.1, -0.05) is 0 Å². The predicted octanol–water partition coefficient (Wildman–Crippen LogP) is 0.495. The molecule has 0 aliphatic rings. The van der Waals surface area contributed by atoms with E-state index in [1.165, 1.54) is 24.3 Å². The number of non-ortho nitro benzene ring substituents is 1. The summed E-state index contributed by atoms with van der Waals surface area (Å²) in [6.45, 7) is -0.424. The van der Waals surface area contributed by atoms with Gasteiger partial charge in [-0.2, -0.15) is 0 Å². The van der Waals surface area contributed by atoms with Crippen LogP contribution in [0.2, 0.25) is 0 Å². The van der Waals surface area contributed by atoms with Gasteiger partial charge in [0.25, 0.3) is 5.69 Å². The molecule has 1 aromatic carbocycles. The fourth-order valence-corrected chi connectivity index (χ4v) is 1.18. The van der Waals surface area contributed by atoms with Gasteiger partial charge in [-0.05, 0) is 12.1 Å². The topological polar surface area (TPSA) is 110 Å². The molecule has 0 saturated carbocycles. The number of carbonyl (C=O) groups is 1. The van der Waals surface area contributed by atoms with E-state index >= 15 is 0 Å². The zero-order valence-electron chi connectivity index (χ0n) is 9.48. The van der Waals surface area contributed by atoms with Gasteiger partial charge in [-0.3, -0.25) is 10.1 Å². The Kier molecular flexibility index (Phi) is 5.22. The van der Waals surface area contributed by atoms with E-state index in [1.807, 2.05) is 0 Å². The molecule has 1 unspecified atom stereocenters. The van der Waals surface area contributed by atoms with Crippen molar-refractivity contribution < 1.29 is 24.7 Å². The maximum atomic E-state index is 11.5. The first-order valence-corrected chi connectivity index (χ1v) is 5.25. The van der Waals surface area contributed by atoms with E-state index in [4.69, 9.17) is 14.9 Å². The smallest absolute Gasteiger partial charge is 0.338 e. The molecule has 0 spiro atoms. The molecule has 0 radical (unpaired) electrons. The van der Waals surface area contributed by atoms with Crippen LogP contribution < -0.4 is 0 Å². The van der Waals surface area contributed by atoms with Crippen LogP contribution in [0.15, 0.2) is 24.3 Å². The van der Waals surface area contributed by atoms with Crippen LogP contribution in [-0.4, -0.2) is 40.4 Å². The second-order valence-corrected chi connectivity index (χ2v) is 3.56. The summed E-state index contributed by atoms with van der Waals surface area (Å²) in [7, 11) is 0. The van der Waals surface area contributed by atoms with E-state index in [0.29, 0.717) is 0 Å². The Morgan fingerprint density at radius 1 is 1.39 bits per heavy atom. The van der Waals surface area contributed by atoms with Crippen molar-refractivity contribution >= 4 is 11.7 Å². The van der Waals surface area contributed by atoms with Gasteiger partial charge < -0.3 is 14.9 Å². The molecule has 98 valence electrons. The highest BCUT2D eigenvalue weighted by Crippen LogP contribution is 2.12. The first-order chi connectivity index (χ1) is 8.54. The monoisotopic (exact) mass is 255 g/mol. The minimum absolute atomic E-state index is 0.0302. The summed E-state index contributed by atoms with van der Waals surface area (Å²) in [4.78, 5) is 21.3. The Hall–Kier alpha value is -1.99. The van der Waals surface area contributed by atoms with E-state index in [0.717, 1.165) is 0 Å². The summed E-state index contributed by atoms with van der Waals surface area (Å²) in [5.74, 6) is -0.630. The molecule has 0 heterocycles. The lowest BCUT2D eigenvalue weighted by Gasteiger charge is -2.07. The van der Waals surface area contributed by atoms with Crippen LogP contribution in [0.25, 0.3) is 0 Å². The molecule has 0 aromatic heterocycles. The first kappa shape index (κ1) is 14.1. The standard InChI is InChI=1S/C11H13NO6/c13-7-10(14)5-6-18-11(15)8-1-3-9(4-2-8)12(16)17/h1-4,10,13-14H,5-7H2. The van der Waals surface area contributed by atoms with Gasteiger partial charge in [0, 0.05) is 18.6 Å². The van der Waals surface area contributed by atoms with Crippen molar-refractivity contribution in [3.63, 3.8) is 0 Å². The van der Waals surface area contributed by atoms with Gasteiger partial charge in [0.05, 0.1) is 29.8 Å². The number of aliphatic hydroxyl groups is 2. The van der Waals surface area contributed by atoms with Crippen LogP contribution in [0.5, 0.6) is 0 Å². The molecule has 0 fully saturated rings. The first-order valence-electron chi connectivity index (χ1n) is 5.25. The molecule has 7 nitrogen and oxygen atoms in total. The summed E-state index contributed by atoms with van der Waals surface area (Å²) in [6, 6.07) is 5.00. The minimum atomic E-state index is -0.922. The highest BCUT2D eigenvalue weighted by atomic mass is 16.6. The van der Waals surface area contributed by atoms with Crippen LogP contribution in [0.3, 0.4) is 0 Å². The van der Waals surface area contributed by atoms with Gasteiger partial charge in [0.1, 0.15) is 0 Å². The average molecular weight is 255 g/mol. The number of benzene rings is 1. The summed E-state index contributed by atoms with van der Waals surface area (Å²) >= 11 is 0. The number of aliphatic hydroxyl groups excluding tert-OH is 2. The zero-order chi connectivity index (χ0) is 13.5. The van der Waals surface area contributed by atoms with Crippen molar-refractivity contribution in [1.82, 2.24) is 0 Å². The van der Waals surface area contributed by atoms with Gasteiger partial charge in [0.2, 0.25) is 0 Å². The molecule has 1 aromatic rings. The van der Waals surface area contributed by atoms with Crippen LogP contribution in [0.4, 0.5) is 5.69 Å². The third-order valence-electron chi connectivity index (χ3n) is 2.21. The number of esters is 1. The number of ether oxygens (including phenoxy) is 1. The molecule has 0 aliphatic heterocycles. The molecule has 18 heavy (non-hydrogen) atoms.